The molecule has 2 unspecified atom stereocenters. The Morgan fingerprint density at radius 2 is 2.44 bits per heavy atom. The standard InChI is InChI=1S/C10H16BrN3S2/c1-12-9(8-6-15-3-4-16-8)10-7(11)5-13-14(10)2/h5,8-9,12H,3-4,6H2,1-2H3. The van der Waals surface area contributed by atoms with Crippen molar-refractivity contribution in [2.24, 2.45) is 7.05 Å². The first-order valence-electron chi connectivity index (χ1n) is 5.28. The zero-order valence-corrected chi connectivity index (χ0v) is 12.7. The fourth-order valence-electron chi connectivity index (χ4n) is 1.97. The van der Waals surface area contributed by atoms with Crippen LogP contribution in [-0.2, 0) is 7.05 Å². The molecule has 3 nitrogen and oxygen atoms in total. The number of rotatable bonds is 3. The molecule has 16 heavy (non-hydrogen) atoms. The molecule has 0 aromatic carbocycles. The summed E-state index contributed by atoms with van der Waals surface area (Å²) in [7, 11) is 4.04. The van der Waals surface area contributed by atoms with Crippen LogP contribution in [0.25, 0.3) is 0 Å². The summed E-state index contributed by atoms with van der Waals surface area (Å²) in [6.07, 6.45) is 1.88. The second-order valence-corrected chi connectivity index (χ2v) is 7.10. The van der Waals surface area contributed by atoms with Gasteiger partial charge in [0, 0.05) is 29.6 Å². The molecule has 0 radical (unpaired) electrons. The van der Waals surface area contributed by atoms with Crippen molar-refractivity contribution in [3.05, 3.63) is 16.4 Å². The van der Waals surface area contributed by atoms with Crippen LogP contribution in [0.5, 0.6) is 0 Å². The SMILES string of the molecule is CNC(c1c(Br)cnn1C)C1CSCCS1. The lowest BCUT2D eigenvalue weighted by molar-refractivity contribution is 0.536. The molecule has 0 amide bonds. The number of hydrogen-bond acceptors (Lipinski definition) is 4. The number of nitrogens with one attached hydrogen (secondary N) is 1. The lowest BCUT2D eigenvalue weighted by atomic mass is 10.1. The Hall–Kier alpha value is 0.350. The maximum Gasteiger partial charge on any atom is 0.0703 e. The van der Waals surface area contributed by atoms with Crippen molar-refractivity contribution >= 4 is 39.5 Å². The molecular formula is C10H16BrN3S2. The van der Waals surface area contributed by atoms with E-state index in [1.165, 1.54) is 23.0 Å². The Labute approximate surface area is 113 Å². The molecule has 2 rings (SSSR count). The summed E-state index contributed by atoms with van der Waals surface area (Å²) in [6.45, 7) is 0. The van der Waals surface area contributed by atoms with Gasteiger partial charge in [-0.25, -0.2) is 0 Å². The quantitative estimate of drug-likeness (QED) is 0.925. The smallest absolute Gasteiger partial charge is 0.0703 e. The van der Waals surface area contributed by atoms with Gasteiger partial charge in [0.05, 0.1) is 22.4 Å². The van der Waals surface area contributed by atoms with Crippen molar-refractivity contribution in [1.82, 2.24) is 15.1 Å². The van der Waals surface area contributed by atoms with E-state index in [1.807, 2.05) is 36.7 Å². The Morgan fingerprint density at radius 3 is 2.94 bits per heavy atom. The van der Waals surface area contributed by atoms with E-state index in [0.29, 0.717) is 11.3 Å². The third-order valence-corrected chi connectivity index (χ3v) is 6.23. The van der Waals surface area contributed by atoms with Gasteiger partial charge in [0.25, 0.3) is 0 Å². The Kier molecular flexibility index (Phi) is 4.64. The number of hydrogen-bond donors (Lipinski definition) is 1. The van der Waals surface area contributed by atoms with E-state index >= 15 is 0 Å². The normalized spacial score (nSPS) is 23.3. The van der Waals surface area contributed by atoms with Gasteiger partial charge in [0.2, 0.25) is 0 Å². The van der Waals surface area contributed by atoms with Crippen molar-refractivity contribution < 1.29 is 0 Å². The molecule has 90 valence electrons. The van der Waals surface area contributed by atoms with Crippen LogP contribution in [-0.4, -0.2) is 39.3 Å². The largest absolute Gasteiger partial charge is 0.311 e. The summed E-state index contributed by atoms with van der Waals surface area (Å²) >= 11 is 7.70. The van der Waals surface area contributed by atoms with E-state index in [1.54, 1.807) is 0 Å². The first-order chi connectivity index (χ1) is 7.74. The predicted molar refractivity (Wildman–Crippen MR) is 76.3 cm³/mol. The van der Waals surface area contributed by atoms with E-state index in [-0.39, 0.29) is 0 Å². The maximum absolute atomic E-state index is 4.29. The molecule has 0 spiro atoms. The molecule has 2 heterocycles. The minimum Gasteiger partial charge on any atom is -0.311 e. The van der Waals surface area contributed by atoms with Crippen molar-refractivity contribution in [2.75, 3.05) is 24.3 Å². The lowest BCUT2D eigenvalue weighted by Gasteiger charge is -2.29. The number of aromatic nitrogens is 2. The van der Waals surface area contributed by atoms with Gasteiger partial charge in [-0.15, -0.1) is 0 Å². The van der Waals surface area contributed by atoms with E-state index in [2.05, 4.69) is 38.1 Å². The monoisotopic (exact) mass is 321 g/mol. The van der Waals surface area contributed by atoms with E-state index < -0.39 is 0 Å². The molecule has 1 fully saturated rings. The van der Waals surface area contributed by atoms with E-state index in [9.17, 15) is 0 Å². The summed E-state index contributed by atoms with van der Waals surface area (Å²) in [5.41, 5.74) is 1.25. The molecule has 1 aliphatic rings. The van der Waals surface area contributed by atoms with Crippen molar-refractivity contribution in [3.63, 3.8) is 0 Å². The zero-order valence-electron chi connectivity index (χ0n) is 9.44. The maximum atomic E-state index is 4.29. The molecule has 6 heteroatoms. The molecule has 2 atom stereocenters. The van der Waals surface area contributed by atoms with Crippen LogP contribution in [0.1, 0.15) is 11.7 Å². The van der Waals surface area contributed by atoms with Gasteiger partial charge in [0.15, 0.2) is 0 Å². The van der Waals surface area contributed by atoms with Gasteiger partial charge < -0.3 is 5.32 Å². The summed E-state index contributed by atoms with van der Waals surface area (Å²) in [5, 5.41) is 8.36. The van der Waals surface area contributed by atoms with Gasteiger partial charge in [-0.3, -0.25) is 4.68 Å². The Balaban J connectivity index is 2.21. The minimum absolute atomic E-state index is 0.375. The highest BCUT2D eigenvalue weighted by Crippen LogP contribution is 2.35. The average molecular weight is 322 g/mol. The van der Waals surface area contributed by atoms with Crippen LogP contribution in [0.15, 0.2) is 10.7 Å². The van der Waals surface area contributed by atoms with E-state index in [0.717, 1.165) is 4.47 Å². The fraction of sp³-hybridized carbons (Fsp3) is 0.700. The van der Waals surface area contributed by atoms with Crippen molar-refractivity contribution in [3.8, 4) is 0 Å². The minimum atomic E-state index is 0.375. The number of nitrogens with zero attached hydrogens (tertiary/aromatic N) is 2. The van der Waals surface area contributed by atoms with Crippen LogP contribution in [0.4, 0.5) is 0 Å². The van der Waals surface area contributed by atoms with E-state index in [4.69, 9.17) is 0 Å². The van der Waals surface area contributed by atoms with Crippen LogP contribution in [0.3, 0.4) is 0 Å². The average Bonchev–Trinajstić information content (AvgIpc) is 2.63. The number of halogens is 1. The zero-order chi connectivity index (χ0) is 11.5. The molecule has 0 saturated carbocycles. The Morgan fingerprint density at radius 1 is 1.62 bits per heavy atom. The molecule has 1 saturated heterocycles. The van der Waals surface area contributed by atoms with Gasteiger partial charge in [0.1, 0.15) is 0 Å². The second kappa shape index (κ2) is 5.80. The van der Waals surface area contributed by atoms with Crippen LogP contribution in [0.2, 0.25) is 0 Å². The summed E-state index contributed by atoms with van der Waals surface area (Å²) < 4.78 is 3.07. The third kappa shape index (κ3) is 2.60. The molecule has 1 N–H and O–H groups in total. The first kappa shape index (κ1) is 12.8. The highest BCUT2D eigenvalue weighted by atomic mass is 79.9. The molecule has 0 aliphatic carbocycles. The van der Waals surface area contributed by atoms with Crippen LogP contribution >= 0.6 is 39.5 Å². The van der Waals surface area contributed by atoms with Crippen molar-refractivity contribution in [1.29, 1.82) is 0 Å². The molecule has 1 aliphatic heterocycles. The van der Waals surface area contributed by atoms with Gasteiger partial charge in [-0.1, -0.05) is 0 Å². The summed E-state index contributed by atoms with van der Waals surface area (Å²) in [4.78, 5) is 0. The molecule has 1 aromatic heterocycles. The lowest BCUT2D eigenvalue weighted by Crippen LogP contribution is -2.33. The summed E-state index contributed by atoms with van der Waals surface area (Å²) in [6, 6.07) is 0.375. The highest BCUT2D eigenvalue weighted by Gasteiger charge is 2.28. The topological polar surface area (TPSA) is 29.9 Å². The predicted octanol–water partition coefficient (Wildman–Crippen LogP) is 2.29. The fourth-order valence-corrected chi connectivity index (χ4v) is 5.44. The molecular weight excluding hydrogens is 306 g/mol. The molecule has 0 bridgehead atoms. The third-order valence-electron chi connectivity index (χ3n) is 2.76. The summed E-state index contributed by atoms with van der Waals surface area (Å²) in [5.74, 6) is 3.75. The van der Waals surface area contributed by atoms with Crippen LogP contribution < -0.4 is 5.32 Å². The Bertz CT molecular complexity index is 330. The first-order valence-corrected chi connectivity index (χ1v) is 8.27. The van der Waals surface area contributed by atoms with Crippen LogP contribution in [0, 0.1) is 0 Å². The number of thioether (sulfide) groups is 2. The van der Waals surface area contributed by atoms with Gasteiger partial charge >= 0.3 is 0 Å². The molecule has 1 aromatic rings. The van der Waals surface area contributed by atoms with Gasteiger partial charge in [-0.2, -0.15) is 28.6 Å². The number of aryl methyl sites for hydroxylation is 1. The van der Waals surface area contributed by atoms with Gasteiger partial charge in [-0.05, 0) is 23.0 Å². The van der Waals surface area contributed by atoms with Crippen molar-refractivity contribution in [2.45, 2.75) is 11.3 Å². The highest BCUT2D eigenvalue weighted by molar-refractivity contribution is 9.10. The second-order valence-electron chi connectivity index (χ2n) is 3.75.